The van der Waals surface area contributed by atoms with Crippen LogP contribution < -0.4 is 10.1 Å². The first-order chi connectivity index (χ1) is 11.1. The Kier molecular flexibility index (Phi) is 6.12. The van der Waals surface area contributed by atoms with E-state index in [1.54, 1.807) is 30.3 Å². The molecule has 0 aromatic heterocycles. The number of anilines is 1. The number of benzene rings is 1. The van der Waals surface area contributed by atoms with Crippen LogP contribution in [0.3, 0.4) is 0 Å². The normalized spacial score (nSPS) is 18.0. The van der Waals surface area contributed by atoms with E-state index in [0.29, 0.717) is 17.9 Å². The first-order valence-electron chi connectivity index (χ1n) is 7.63. The highest BCUT2D eigenvalue weighted by Gasteiger charge is 2.27. The molecule has 1 aromatic rings. The van der Waals surface area contributed by atoms with Crippen molar-refractivity contribution in [3.8, 4) is 11.8 Å². The van der Waals surface area contributed by atoms with Crippen molar-refractivity contribution in [1.82, 2.24) is 0 Å². The van der Waals surface area contributed by atoms with E-state index in [2.05, 4.69) is 5.32 Å². The predicted molar refractivity (Wildman–Crippen MR) is 83.9 cm³/mol. The van der Waals surface area contributed by atoms with Gasteiger partial charge in [-0.2, -0.15) is 5.26 Å². The number of carbonyl (C=O) groups excluding carboxylic acids is 2. The summed E-state index contributed by atoms with van der Waals surface area (Å²) in [6.07, 6.45) is 2.73. The minimum absolute atomic E-state index is 0.0692. The second-order valence-electron chi connectivity index (χ2n) is 5.42. The van der Waals surface area contributed by atoms with Gasteiger partial charge in [0.2, 0.25) is 5.91 Å². The molecule has 122 valence electrons. The minimum atomic E-state index is -1.30. The maximum Gasteiger partial charge on any atom is 0.249 e. The molecule has 2 rings (SSSR count). The van der Waals surface area contributed by atoms with Crippen LogP contribution in [-0.2, 0) is 14.3 Å². The number of nitrogens with zero attached hydrogens (tertiary/aromatic N) is 1. The van der Waals surface area contributed by atoms with Crippen LogP contribution >= 0.6 is 0 Å². The summed E-state index contributed by atoms with van der Waals surface area (Å²) in [4.78, 5) is 24.3. The Balaban J connectivity index is 1.91. The summed E-state index contributed by atoms with van der Waals surface area (Å²) < 4.78 is 10.5. The number of rotatable bonds is 7. The van der Waals surface area contributed by atoms with Crippen molar-refractivity contribution >= 4 is 17.4 Å². The van der Waals surface area contributed by atoms with E-state index in [-0.39, 0.29) is 18.3 Å². The van der Waals surface area contributed by atoms with Gasteiger partial charge in [-0.15, -0.1) is 0 Å². The third-order valence-electron chi connectivity index (χ3n) is 3.79. The molecule has 1 N–H and O–H groups in total. The summed E-state index contributed by atoms with van der Waals surface area (Å²) in [6.45, 7) is 0.719. The average Bonchev–Trinajstić information content (AvgIpc) is 3.07. The molecule has 1 heterocycles. The van der Waals surface area contributed by atoms with Gasteiger partial charge in [0.05, 0.1) is 19.3 Å². The lowest BCUT2D eigenvalue weighted by molar-refractivity contribution is -0.129. The Labute approximate surface area is 135 Å². The minimum Gasteiger partial charge on any atom is -0.497 e. The van der Waals surface area contributed by atoms with Gasteiger partial charge in [-0.25, -0.2) is 0 Å². The third-order valence-corrected chi connectivity index (χ3v) is 3.79. The van der Waals surface area contributed by atoms with E-state index in [1.807, 2.05) is 0 Å². The van der Waals surface area contributed by atoms with E-state index in [9.17, 15) is 9.59 Å². The quantitative estimate of drug-likeness (QED) is 0.780. The molecule has 0 unspecified atom stereocenters. The predicted octanol–water partition coefficient (Wildman–Crippen LogP) is 2.30. The first-order valence-corrected chi connectivity index (χ1v) is 7.63. The number of ether oxygens (including phenoxy) is 2. The zero-order valence-corrected chi connectivity index (χ0v) is 13.1. The molecule has 1 saturated heterocycles. The Bertz CT molecular complexity index is 603. The molecular weight excluding hydrogens is 296 g/mol. The summed E-state index contributed by atoms with van der Waals surface area (Å²) in [7, 11) is 1.52. The maximum atomic E-state index is 12.2. The molecule has 0 saturated carbocycles. The van der Waals surface area contributed by atoms with Crippen molar-refractivity contribution in [2.24, 2.45) is 5.92 Å². The molecule has 0 radical (unpaired) electrons. The number of carbonyl (C=O) groups is 2. The second-order valence-corrected chi connectivity index (χ2v) is 5.42. The van der Waals surface area contributed by atoms with E-state index < -0.39 is 11.8 Å². The molecule has 1 aromatic carbocycles. The van der Waals surface area contributed by atoms with Crippen molar-refractivity contribution < 1.29 is 19.1 Å². The van der Waals surface area contributed by atoms with Gasteiger partial charge >= 0.3 is 0 Å². The topological polar surface area (TPSA) is 88.4 Å². The highest BCUT2D eigenvalue weighted by molar-refractivity contribution is 6.09. The number of ketones is 1. The molecule has 0 bridgehead atoms. The number of nitriles is 1. The second kappa shape index (κ2) is 8.30. The maximum absolute atomic E-state index is 12.2. The van der Waals surface area contributed by atoms with Crippen LogP contribution in [0.1, 0.15) is 25.7 Å². The summed E-state index contributed by atoms with van der Waals surface area (Å²) in [6, 6.07) is 8.55. The zero-order chi connectivity index (χ0) is 16.7. The van der Waals surface area contributed by atoms with Crippen molar-refractivity contribution in [3.05, 3.63) is 24.3 Å². The number of hydrogen-bond donors (Lipinski definition) is 1. The number of amides is 1. The van der Waals surface area contributed by atoms with Gasteiger partial charge < -0.3 is 14.8 Å². The number of Topliss-reactive ketones (excluding diaryl/α,β-unsaturated/α-hetero) is 1. The fourth-order valence-electron chi connectivity index (χ4n) is 2.51. The highest BCUT2D eigenvalue weighted by atomic mass is 16.5. The Morgan fingerprint density at radius 2 is 2.35 bits per heavy atom. The van der Waals surface area contributed by atoms with Gasteiger partial charge in [0, 0.05) is 24.8 Å². The van der Waals surface area contributed by atoms with Gasteiger partial charge in [-0.05, 0) is 31.4 Å². The van der Waals surface area contributed by atoms with Crippen molar-refractivity contribution in [2.45, 2.75) is 31.8 Å². The smallest absolute Gasteiger partial charge is 0.249 e. The molecule has 23 heavy (non-hydrogen) atoms. The fraction of sp³-hybridized carbons (Fsp3) is 0.471. The van der Waals surface area contributed by atoms with Gasteiger partial charge in [-0.3, -0.25) is 9.59 Å². The van der Waals surface area contributed by atoms with E-state index >= 15 is 0 Å². The number of hydrogen-bond acceptors (Lipinski definition) is 5. The largest absolute Gasteiger partial charge is 0.497 e. The van der Waals surface area contributed by atoms with Crippen molar-refractivity contribution in [1.29, 1.82) is 5.26 Å². The monoisotopic (exact) mass is 316 g/mol. The van der Waals surface area contributed by atoms with E-state index in [0.717, 1.165) is 19.4 Å². The summed E-state index contributed by atoms with van der Waals surface area (Å²) in [5.74, 6) is -1.70. The van der Waals surface area contributed by atoms with E-state index in [1.165, 1.54) is 7.11 Å². The van der Waals surface area contributed by atoms with Crippen LogP contribution in [0.2, 0.25) is 0 Å². The van der Waals surface area contributed by atoms with Crippen LogP contribution in [0.15, 0.2) is 24.3 Å². The summed E-state index contributed by atoms with van der Waals surface area (Å²) in [5, 5.41) is 11.7. The van der Waals surface area contributed by atoms with Crippen LogP contribution in [0.4, 0.5) is 5.69 Å². The van der Waals surface area contributed by atoms with Gasteiger partial charge in [-0.1, -0.05) is 6.07 Å². The van der Waals surface area contributed by atoms with Gasteiger partial charge in [0.25, 0.3) is 0 Å². The first kappa shape index (κ1) is 17.0. The van der Waals surface area contributed by atoms with Crippen LogP contribution in [-0.4, -0.2) is 31.5 Å². The van der Waals surface area contributed by atoms with Crippen LogP contribution in [0, 0.1) is 17.2 Å². The van der Waals surface area contributed by atoms with Gasteiger partial charge in [0.15, 0.2) is 11.7 Å². The van der Waals surface area contributed by atoms with Crippen molar-refractivity contribution in [2.75, 3.05) is 19.0 Å². The Morgan fingerprint density at radius 1 is 1.52 bits per heavy atom. The molecule has 1 aliphatic rings. The molecule has 1 fully saturated rings. The SMILES string of the molecule is COc1cccc(NC(=O)[C@H](C#N)C(=O)CC[C@@H]2CCCO2)c1. The fourth-order valence-corrected chi connectivity index (χ4v) is 2.51. The third kappa shape index (κ3) is 4.80. The van der Waals surface area contributed by atoms with Crippen LogP contribution in [0.25, 0.3) is 0 Å². The van der Waals surface area contributed by atoms with Crippen LogP contribution in [0.5, 0.6) is 5.75 Å². The summed E-state index contributed by atoms with van der Waals surface area (Å²) in [5.41, 5.74) is 0.488. The zero-order valence-electron chi connectivity index (χ0n) is 13.1. The molecule has 6 heteroatoms. The van der Waals surface area contributed by atoms with Crippen molar-refractivity contribution in [3.63, 3.8) is 0 Å². The van der Waals surface area contributed by atoms with E-state index in [4.69, 9.17) is 14.7 Å². The molecule has 1 aliphatic heterocycles. The molecule has 0 spiro atoms. The average molecular weight is 316 g/mol. The Morgan fingerprint density at radius 3 is 3.00 bits per heavy atom. The molecule has 6 nitrogen and oxygen atoms in total. The Hall–Kier alpha value is -2.39. The molecular formula is C17H20N2O4. The lowest BCUT2D eigenvalue weighted by Gasteiger charge is -2.12. The highest BCUT2D eigenvalue weighted by Crippen LogP contribution is 2.20. The standard InChI is InChI=1S/C17H20N2O4/c1-22-14-5-2-4-12(10-14)19-17(21)15(11-18)16(20)8-7-13-6-3-9-23-13/h2,4-5,10,13,15H,3,6-9H2,1H3,(H,19,21)/t13-,15+/m0/s1. The molecule has 1 amide bonds. The molecule has 0 aliphatic carbocycles. The van der Waals surface area contributed by atoms with Gasteiger partial charge in [0.1, 0.15) is 5.75 Å². The molecule has 2 atom stereocenters. The lowest BCUT2D eigenvalue weighted by atomic mass is 9.98. The summed E-state index contributed by atoms with van der Waals surface area (Å²) >= 11 is 0. The number of nitrogens with one attached hydrogen (secondary N) is 1. The lowest BCUT2D eigenvalue weighted by Crippen LogP contribution is -2.29. The number of methoxy groups -OCH3 is 1.